The zero-order valence-electron chi connectivity index (χ0n) is 10.4. The van der Waals surface area contributed by atoms with Gasteiger partial charge in [0.1, 0.15) is 5.75 Å². The topological polar surface area (TPSA) is 23.5 Å². The highest BCUT2D eigenvalue weighted by Gasteiger charge is 2.13. The molecular formula is C13H21NO. The normalized spacial score (nSPS) is 10.5. The lowest BCUT2D eigenvalue weighted by atomic mass is 10.0. The Morgan fingerprint density at radius 1 is 1.07 bits per heavy atom. The third-order valence-corrected chi connectivity index (χ3v) is 2.97. The minimum Gasteiger partial charge on any atom is -0.507 e. The lowest BCUT2D eigenvalue weighted by Crippen LogP contribution is -2.23. The van der Waals surface area contributed by atoms with Crippen LogP contribution in [0.15, 0.2) is 6.07 Å². The molecule has 0 heterocycles. The molecule has 15 heavy (non-hydrogen) atoms. The molecule has 0 aliphatic heterocycles. The zero-order valence-corrected chi connectivity index (χ0v) is 10.4. The Hall–Kier alpha value is -1.18. The van der Waals surface area contributed by atoms with Crippen LogP contribution in [0.5, 0.6) is 5.75 Å². The largest absolute Gasteiger partial charge is 0.507 e. The fraction of sp³-hybridized carbons (Fsp3) is 0.538. The third kappa shape index (κ3) is 2.09. The molecule has 0 bridgehead atoms. The molecule has 2 nitrogen and oxygen atoms in total. The van der Waals surface area contributed by atoms with Crippen LogP contribution in [0.2, 0.25) is 0 Å². The summed E-state index contributed by atoms with van der Waals surface area (Å²) in [6, 6.07) is 2.05. The quantitative estimate of drug-likeness (QED) is 0.823. The molecule has 0 radical (unpaired) electrons. The van der Waals surface area contributed by atoms with Crippen LogP contribution in [0.1, 0.15) is 30.5 Å². The maximum Gasteiger partial charge on any atom is 0.123 e. The smallest absolute Gasteiger partial charge is 0.123 e. The van der Waals surface area contributed by atoms with E-state index in [0.29, 0.717) is 5.75 Å². The number of aryl methyl sites for hydroxylation is 2. The molecule has 1 aromatic carbocycles. The zero-order chi connectivity index (χ0) is 11.6. The average molecular weight is 207 g/mol. The number of aromatic hydroxyl groups is 1. The van der Waals surface area contributed by atoms with Gasteiger partial charge in [0.05, 0.1) is 0 Å². The van der Waals surface area contributed by atoms with Gasteiger partial charge in [-0.15, -0.1) is 0 Å². The first-order valence-electron chi connectivity index (χ1n) is 5.57. The predicted octanol–water partition coefficient (Wildman–Crippen LogP) is 3.16. The van der Waals surface area contributed by atoms with Gasteiger partial charge in [-0.25, -0.2) is 0 Å². The van der Waals surface area contributed by atoms with Crippen LogP contribution in [0.3, 0.4) is 0 Å². The molecule has 0 aliphatic rings. The van der Waals surface area contributed by atoms with Crippen molar-refractivity contribution in [3.63, 3.8) is 0 Å². The molecule has 0 saturated heterocycles. The number of hydrogen-bond donors (Lipinski definition) is 1. The number of rotatable bonds is 3. The SMILES string of the molecule is CCN(CC)c1c(C)cc(C)c(O)c1C. The van der Waals surface area contributed by atoms with Crippen molar-refractivity contribution in [1.82, 2.24) is 0 Å². The minimum absolute atomic E-state index is 0.433. The van der Waals surface area contributed by atoms with Crippen LogP contribution >= 0.6 is 0 Å². The van der Waals surface area contributed by atoms with E-state index in [-0.39, 0.29) is 0 Å². The summed E-state index contributed by atoms with van der Waals surface area (Å²) in [4.78, 5) is 2.28. The molecular weight excluding hydrogens is 186 g/mol. The van der Waals surface area contributed by atoms with Crippen LogP contribution in [0, 0.1) is 20.8 Å². The summed E-state index contributed by atoms with van der Waals surface area (Å²) < 4.78 is 0. The molecule has 1 rings (SSSR count). The van der Waals surface area contributed by atoms with Gasteiger partial charge in [-0.3, -0.25) is 0 Å². The average Bonchev–Trinajstić information content (AvgIpc) is 2.21. The third-order valence-electron chi connectivity index (χ3n) is 2.97. The number of anilines is 1. The Bertz CT molecular complexity index is 354. The molecule has 1 N–H and O–H groups in total. The highest BCUT2D eigenvalue weighted by Crippen LogP contribution is 2.33. The first-order chi connectivity index (χ1) is 7.02. The second-order valence-corrected chi connectivity index (χ2v) is 4.00. The summed E-state index contributed by atoms with van der Waals surface area (Å²) in [6.45, 7) is 12.3. The Balaban J connectivity index is 3.34. The van der Waals surface area contributed by atoms with E-state index in [4.69, 9.17) is 0 Å². The lowest BCUT2D eigenvalue weighted by molar-refractivity contribution is 0.466. The summed E-state index contributed by atoms with van der Waals surface area (Å²) in [5.74, 6) is 0.433. The van der Waals surface area contributed by atoms with Crippen molar-refractivity contribution in [2.45, 2.75) is 34.6 Å². The summed E-state index contributed by atoms with van der Waals surface area (Å²) in [6.07, 6.45) is 0. The summed E-state index contributed by atoms with van der Waals surface area (Å²) in [7, 11) is 0. The number of phenolic OH excluding ortho intramolecular Hbond substituents is 1. The van der Waals surface area contributed by atoms with Gasteiger partial charge < -0.3 is 10.0 Å². The highest BCUT2D eigenvalue weighted by molar-refractivity contribution is 5.65. The standard InChI is InChI=1S/C13H21NO/c1-6-14(7-2)12-9(3)8-10(4)13(15)11(12)5/h8,15H,6-7H2,1-5H3. The molecule has 0 amide bonds. The first-order valence-corrected chi connectivity index (χ1v) is 5.57. The first kappa shape index (κ1) is 11.9. The van der Waals surface area contributed by atoms with Crippen LogP contribution in [-0.2, 0) is 0 Å². The number of nitrogens with zero attached hydrogens (tertiary/aromatic N) is 1. The maximum atomic E-state index is 9.92. The van der Waals surface area contributed by atoms with E-state index >= 15 is 0 Å². The van der Waals surface area contributed by atoms with Crippen molar-refractivity contribution in [3.05, 3.63) is 22.8 Å². The Morgan fingerprint density at radius 3 is 2.07 bits per heavy atom. The van der Waals surface area contributed by atoms with E-state index in [1.54, 1.807) is 0 Å². The predicted molar refractivity (Wildman–Crippen MR) is 65.9 cm³/mol. The van der Waals surface area contributed by atoms with Crippen molar-refractivity contribution in [2.24, 2.45) is 0 Å². The Kier molecular flexibility index (Phi) is 3.61. The van der Waals surface area contributed by atoms with E-state index in [0.717, 1.165) is 24.2 Å². The van der Waals surface area contributed by atoms with E-state index in [1.807, 2.05) is 13.8 Å². The van der Waals surface area contributed by atoms with Gasteiger partial charge in [0, 0.05) is 24.3 Å². The van der Waals surface area contributed by atoms with Crippen molar-refractivity contribution in [2.75, 3.05) is 18.0 Å². The van der Waals surface area contributed by atoms with Gasteiger partial charge in [-0.1, -0.05) is 6.07 Å². The fourth-order valence-electron chi connectivity index (χ4n) is 2.19. The van der Waals surface area contributed by atoms with E-state index in [1.165, 1.54) is 11.3 Å². The molecule has 0 saturated carbocycles. The molecule has 84 valence electrons. The Morgan fingerprint density at radius 2 is 1.60 bits per heavy atom. The fourth-order valence-corrected chi connectivity index (χ4v) is 2.19. The number of benzene rings is 1. The molecule has 1 aromatic rings. The summed E-state index contributed by atoms with van der Waals surface area (Å²) in [5.41, 5.74) is 4.38. The molecule has 0 atom stereocenters. The van der Waals surface area contributed by atoms with E-state index in [2.05, 4.69) is 31.7 Å². The van der Waals surface area contributed by atoms with Crippen LogP contribution < -0.4 is 4.90 Å². The van der Waals surface area contributed by atoms with Crippen molar-refractivity contribution in [3.8, 4) is 5.75 Å². The molecule has 0 spiro atoms. The molecule has 2 heteroatoms. The van der Waals surface area contributed by atoms with Crippen molar-refractivity contribution in [1.29, 1.82) is 0 Å². The number of phenols is 1. The van der Waals surface area contributed by atoms with Gasteiger partial charge in [0.25, 0.3) is 0 Å². The Labute approximate surface area is 92.5 Å². The monoisotopic (exact) mass is 207 g/mol. The van der Waals surface area contributed by atoms with Gasteiger partial charge in [-0.05, 0) is 45.7 Å². The summed E-state index contributed by atoms with van der Waals surface area (Å²) >= 11 is 0. The molecule has 0 unspecified atom stereocenters. The highest BCUT2D eigenvalue weighted by atomic mass is 16.3. The molecule has 0 aromatic heterocycles. The maximum absolute atomic E-state index is 9.92. The second-order valence-electron chi connectivity index (χ2n) is 4.00. The second kappa shape index (κ2) is 4.56. The minimum atomic E-state index is 0.433. The van der Waals surface area contributed by atoms with Crippen LogP contribution in [0.25, 0.3) is 0 Å². The van der Waals surface area contributed by atoms with Gasteiger partial charge >= 0.3 is 0 Å². The molecule has 0 aliphatic carbocycles. The number of hydrogen-bond acceptors (Lipinski definition) is 2. The van der Waals surface area contributed by atoms with Crippen LogP contribution in [-0.4, -0.2) is 18.2 Å². The van der Waals surface area contributed by atoms with Gasteiger partial charge in [-0.2, -0.15) is 0 Å². The van der Waals surface area contributed by atoms with Gasteiger partial charge in [0.15, 0.2) is 0 Å². The van der Waals surface area contributed by atoms with Crippen molar-refractivity contribution < 1.29 is 5.11 Å². The summed E-state index contributed by atoms with van der Waals surface area (Å²) in [5, 5.41) is 9.92. The van der Waals surface area contributed by atoms with E-state index < -0.39 is 0 Å². The van der Waals surface area contributed by atoms with Crippen LogP contribution in [0.4, 0.5) is 5.69 Å². The molecule has 0 fully saturated rings. The lowest BCUT2D eigenvalue weighted by Gasteiger charge is -2.26. The van der Waals surface area contributed by atoms with Crippen molar-refractivity contribution >= 4 is 5.69 Å². The van der Waals surface area contributed by atoms with Gasteiger partial charge in [0.2, 0.25) is 0 Å². The van der Waals surface area contributed by atoms with E-state index in [9.17, 15) is 5.11 Å².